The van der Waals surface area contributed by atoms with E-state index in [0.717, 1.165) is 0 Å². The molecule has 0 saturated heterocycles. The number of carboxylic acids is 1. The van der Waals surface area contributed by atoms with E-state index in [1.165, 1.54) is 12.3 Å². The number of nitrogens with one attached hydrogen (secondary N) is 1. The minimum Gasteiger partial charge on any atom is -0.475 e. The predicted octanol–water partition coefficient (Wildman–Crippen LogP) is 2.48. The van der Waals surface area contributed by atoms with Gasteiger partial charge in [0.25, 0.3) is 0 Å². The van der Waals surface area contributed by atoms with Gasteiger partial charge in [-0.05, 0) is 29.3 Å². The zero-order chi connectivity index (χ0) is 19.6. The molecule has 0 saturated carbocycles. The molecule has 0 radical (unpaired) electrons. The predicted molar refractivity (Wildman–Crippen MR) is 95.4 cm³/mol. The van der Waals surface area contributed by atoms with Gasteiger partial charge in [0.15, 0.2) is 11.2 Å². The molecule has 2 aromatic carbocycles. The van der Waals surface area contributed by atoms with Crippen molar-refractivity contribution >= 4 is 28.4 Å². The molecule has 3 rings (SSSR count). The van der Waals surface area contributed by atoms with E-state index in [1.54, 1.807) is 36.4 Å². The van der Waals surface area contributed by atoms with Gasteiger partial charge >= 0.3 is 5.97 Å². The second kappa shape index (κ2) is 7.33. The molecule has 2 N–H and O–H groups in total. The molecule has 0 aliphatic heterocycles. The monoisotopic (exact) mass is 367 g/mol. The van der Waals surface area contributed by atoms with E-state index >= 15 is 0 Å². The van der Waals surface area contributed by atoms with E-state index in [-0.39, 0.29) is 23.2 Å². The topological polar surface area (TPSA) is 104 Å². The van der Waals surface area contributed by atoms with Crippen molar-refractivity contribution in [1.82, 2.24) is 4.98 Å². The zero-order valence-corrected chi connectivity index (χ0v) is 14.0. The lowest BCUT2D eigenvalue weighted by Gasteiger charge is -2.06. The molecule has 1 heterocycles. The molecule has 0 atom stereocenters. The maximum atomic E-state index is 13.8. The first-order chi connectivity index (χ1) is 12.9. The Morgan fingerprint density at radius 3 is 2.52 bits per heavy atom. The molecule has 136 valence electrons. The fourth-order valence-corrected chi connectivity index (χ4v) is 2.76. The van der Waals surface area contributed by atoms with Crippen molar-refractivity contribution in [2.75, 3.05) is 0 Å². The molecule has 0 amide bonds. The Kier molecular flexibility index (Phi) is 4.94. The number of rotatable bonds is 6. The highest BCUT2D eigenvalue weighted by atomic mass is 19.1. The Bertz CT molecular complexity index is 1130. The van der Waals surface area contributed by atoms with Gasteiger partial charge in [0, 0.05) is 23.5 Å². The molecule has 0 aliphatic carbocycles. The van der Waals surface area contributed by atoms with E-state index in [2.05, 4.69) is 4.98 Å². The summed E-state index contributed by atoms with van der Waals surface area (Å²) in [6, 6.07) is 11.2. The number of fused-ring (bicyclic) bond motifs is 1. The Labute approximate surface area is 152 Å². The van der Waals surface area contributed by atoms with Gasteiger partial charge in [0.1, 0.15) is 5.82 Å². The lowest BCUT2D eigenvalue weighted by atomic mass is 10.0. The first-order valence-electron chi connectivity index (χ1n) is 8.04. The van der Waals surface area contributed by atoms with Gasteiger partial charge in [-0.15, -0.1) is 0 Å². The van der Waals surface area contributed by atoms with Crippen molar-refractivity contribution in [3.05, 3.63) is 81.4 Å². The van der Waals surface area contributed by atoms with Crippen LogP contribution in [0.15, 0.2) is 53.5 Å². The van der Waals surface area contributed by atoms with Crippen molar-refractivity contribution in [3.8, 4) is 0 Å². The van der Waals surface area contributed by atoms with E-state index in [1.807, 2.05) is 0 Å². The smallest absolute Gasteiger partial charge is 0.372 e. The van der Waals surface area contributed by atoms with Crippen LogP contribution in [-0.2, 0) is 16.0 Å². The number of carboxylic acid groups (broad SMARTS) is 1. The third kappa shape index (κ3) is 3.82. The molecule has 0 fully saturated rings. The van der Waals surface area contributed by atoms with E-state index in [4.69, 9.17) is 5.11 Å². The van der Waals surface area contributed by atoms with Crippen LogP contribution in [0.4, 0.5) is 4.39 Å². The number of hydrogen-bond acceptors (Lipinski definition) is 4. The van der Waals surface area contributed by atoms with Gasteiger partial charge in [-0.3, -0.25) is 14.4 Å². The van der Waals surface area contributed by atoms with Crippen LogP contribution < -0.4 is 5.43 Å². The maximum absolute atomic E-state index is 13.8. The lowest BCUT2D eigenvalue weighted by Crippen LogP contribution is -2.22. The summed E-state index contributed by atoms with van der Waals surface area (Å²) < 4.78 is 13.8. The highest BCUT2D eigenvalue weighted by Gasteiger charge is 2.20. The summed E-state index contributed by atoms with van der Waals surface area (Å²) in [4.78, 5) is 49.3. The summed E-state index contributed by atoms with van der Waals surface area (Å²) in [5, 5.41) is 8.81. The molecule has 1 aromatic heterocycles. The molecule has 27 heavy (non-hydrogen) atoms. The van der Waals surface area contributed by atoms with Crippen molar-refractivity contribution in [2.24, 2.45) is 0 Å². The number of hydrogen-bond donors (Lipinski definition) is 2. The minimum absolute atomic E-state index is 0.206. The number of aromatic amines is 1. The Morgan fingerprint density at radius 2 is 1.81 bits per heavy atom. The highest BCUT2D eigenvalue weighted by Crippen LogP contribution is 2.17. The zero-order valence-electron chi connectivity index (χ0n) is 14.0. The highest BCUT2D eigenvalue weighted by molar-refractivity contribution is 6.37. The van der Waals surface area contributed by atoms with Crippen LogP contribution in [0.1, 0.15) is 27.9 Å². The van der Waals surface area contributed by atoms with E-state index in [0.29, 0.717) is 16.6 Å². The van der Waals surface area contributed by atoms with Crippen LogP contribution in [0.25, 0.3) is 10.9 Å². The Morgan fingerprint density at radius 1 is 1.07 bits per heavy atom. The second-order valence-electron chi connectivity index (χ2n) is 6.01. The molecule has 0 bridgehead atoms. The van der Waals surface area contributed by atoms with Gasteiger partial charge in [0.05, 0.1) is 12.0 Å². The number of pyridine rings is 1. The first-order valence-corrected chi connectivity index (χ1v) is 8.04. The van der Waals surface area contributed by atoms with Gasteiger partial charge in [-0.1, -0.05) is 24.3 Å². The average Bonchev–Trinajstić information content (AvgIpc) is 2.64. The van der Waals surface area contributed by atoms with Crippen LogP contribution in [-0.4, -0.2) is 27.6 Å². The Balaban J connectivity index is 1.98. The molecule has 3 aromatic rings. The molecular formula is C20H14FNO5. The fourth-order valence-electron chi connectivity index (χ4n) is 2.76. The number of benzene rings is 2. The number of Topliss-reactive ketones (excluding diaryl/α,β-unsaturated/α-hetero) is 2. The molecule has 7 heteroatoms. The van der Waals surface area contributed by atoms with Crippen molar-refractivity contribution in [2.45, 2.75) is 12.8 Å². The van der Waals surface area contributed by atoms with Gasteiger partial charge in [-0.2, -0.15) is 0 Å². The standard InChI is InChI=1S/C20H14FNO5/c21-15-4-2-1-3-12(15)7-11-5-6-16-13(8-11)19(25)14(10-22-16)17(23)9-18(24)20(26)27/h1-6,8,10H,7,9H2,(H,22,25)(H,26,27). The number of carbonyl (C=O) groups is 3. The summed E-state index contributed by atoms with van der Waals surface area (Å²) in [5.74, 6) is -4.24. The van der Waals surface area contributed by atoms with Crippen LogP contribution in [0, 0.1) is 5.82 Å². The third-order valence-electron chi connectivity index (χ3n) is 4.16. The molecule has 0 aliphatic rings. The molecule has 0 unspecified atom stereocenters. The normalized spacial score (nSPS) is 10.7. The largest absolute Gasteiger partial charge is 0.475 e. The van der Waals surface area contributed by atoms with Crippen molar-refractivity contribution < 1.29 is 23.9 Å². The number of carbonyl (C=O) groups excluding carboxylic acids is 2. The maximum Gasteiger partial charge on any atom is 0.372 e. The summed E-state index contributed by atoms with van der Waals surface area (Å²) in [6.07, 6.45) is 0.537. The summed E-state index contributed by atoms with van der Waals surface area (Å²) in [6.45, 7) is 0. The quantitative estimate of drug-likeness (QED) is 0.396. The number of H-pyrrole nitrogens is 1. The van der Waals surface area contributed by atoms with Crippen molar-refractivity contribution in [1.29, 1.82) is 0 Å². The molecular weight excluding hydrogens is 353 g/mol. The Hall–Kier alpha value is -3.61. The second-order valence-corrected chi connectivity index (χ2v) is 6.01. The van der Waals surface area contributed by atoms with Gasteiger partial charge in [-0.25, -0.2) is 9.18 Å². The summed E-state index contributed by atoms with van der Waals surface area (Å²) in [7, 11) is 0. The van der Waals surface area contributed by atoms with Crippen molar-refractivity contribution in [3.63, 3.8) is 0 Å². The number of aromatic nitrogens is 1. The first kappa shape index (κ1) is 18.2. The summed E-state index contributed by atoms with van der Waals surface area (Å²) >= 11 is 0. The van der Waals surface area contributed by atoms with Crippen LogP contribution in [0.2, 0.25) is 0 Å². The van der Waals surface area contributed by atoms with Gasteiger partial charge < -0.3 is 10.1 Å². The van der Waals surface area contributed by atoms with E-state index < -0.39 is 29.4 Å². The minimum atomic E-state index is -1.73. The summed E-state index contributed by atoms with van der Waals surface area (Å²) in [5.41, 5.74) is 0.706. The third-order valence-corrected chi connectivity index (χ3v) is 4.16. The number of ketones is 2. The average molecular weight is 367 g/mol. The number of aliphatic carboxylic acids is 1. The molecule has 0 spiro atoms. The number of halogens is 1. The lowest BCUT2D eigenvalue weighted by molar-refractivity contribution is -0.148. The molecule has 6 nitrogen and oxygen atoms in total. The fraction of sp³-hybridized carbons (Fsp3) is 0.100. The van der Waals surface area contributed by atoms with Gasteiger partial charge in [0.2, 0.25) is 5.78 Å². The SMILES string of the molecule is O=C(O)C(=O)CC(=O)c1c[nH]c2ccc(Cc3ccccc3F)cc2c1=O. The van der Waals surface area contributed by atoms with Crippen LogP contribution >= 0.6 is 0 Å². The van der Waals surface area contributed by atoms with Crippen LogP contribution in [0.3, 0.4) is 0 Å². The van der Waals surface area contributed by atoms with E-state index in [9.17, 15) is 23.6 Å². The van der Waals surface area contributed by atoms with Crippen LogP contribution in [0.5, 0.6) is 0 Å².